The highest BCUT2D eigenvalue weighted by Gasteiger charge is 2.17. The van der Waals surface area contributed by atoms with Gasteiger partial charge in [-0.2, -0.15) is 0 Å². The van der Waals surface area contributed by atoms with E-state index < -0.39 is 0 Å². The van der Waals surface area contributed by atoms with Gasteiger partial charge in [0.1, 0.15) is 5.82 Å². The summed E-state index contributed by atoms with van der Waals surface area (Å²) in [4.78, 5) is 6.00. The minimum absolute atomic E-state index is 0.788. The fraction of sp³-hybridized carbons (Fsp3) is 0.417. The van der Waals surface area contributed by atoms with E-state index in [1.54, 1.807) is 11.3 Å². The van der Waals surface area contributed by atoms with Crippen molar-refractivity contribution >= 4 is 11.3 Å². The van der Waals surface area contributed by atoms with Crippen molar-refractivity contribution in [3.8, 4) is 10.6 Å². The Morgan fingerprint density at radius 3 is 3.27 bits per heavy atom. The molecule has 1 unspecified atom stereocenters. The topological polar surface area (TPSA) is 17.8 Å². The summed E-state index contributed by atoms with van der Waals surface area (Å²) in [5.41, 5.74) is 1.15. The van der Waals surface area contributed by atoms with E-state index in [1.807, 2.05) is 0 Å². The van der Waals surface area contributed by atoms with E-state index >= 15 is 0 Å². The zero-order valence-corrected chi connectivity index (χ0v) is 9.63. The second-order valence-electron chi connectivity index (χ2n) is 4.31. The molecule has 3 rings (SSSR count). The molecule has 0 saturated carbocycles. The van der Waals surface area contributed by atoms with Crippen LogP contribution in [0.15, 0.2) is 23.7 Å². The summed E-state index contributed by atoms with van der Waals surface area (Å²) in [5.74, 6) is 2.05. The molecule has 1 aliphatic rings. The van der Waals surface area contributed by atoms with Gasteiger partial charge in [-0.25, -0.2) is 4.98 Å². The average Bonchev–Trinajstić information content (AvgIpc) is 2.84. The number of imidazole rings is 1. The number of aromatic nitrogens is 2. The van der Waals surface area contributed by atoms with E-state index in [9.17, 15) is 0 Å². The summed E-state index contributed by atoms with van der Waals surface area (Å²) < 4.78 is 2.31. The number of nitrogens with zero attached hydrogens (tertiary/aromatic N) is 2. The van der Waals surface area contributed by atoms with Gasteiger partial charge in [0.25, 0.3) is 0 Å². The summed E-state index contributed by atoms with van der Waals surface area (Å²) in [5, 5.41) is 2.11. The fourth-order valence-corrected chi connectivity index (χ4v) is 2.81. The lowest BCUT2D eigenvalue weighted by atomic mass is 10.0. The Morgan fingerprint density at radius 2 is 2.47 bits per heavy atom. The van der Waals surface area contributed by atoms with Gasteiger partial charge in [-0.05, 0) is 23.8 Å². The predicted molar refractivity (Wildman–Crippen MR) is 63.0 cm³/mol. The minimum Gasteiger partial charge on any atom is -0.334 e. The Bertz CT molecular complexity index is 456. The van der Waals surface area contributed by atoms with Gasteiger partial charge in [0, 0.05) is 19.2 Å². The van der Waals surface area contributed by atoms with E-state index in [2.05, 4.69) is 35.2 Å². The highest BCUT2D eigenvalue weighted by molar-refractivity contribution is 7.13. The van der Waals surface area contributed by atoms with Crippen LogP contribution in [0.2, 0.25) is 0 Å². The van der Waals surface area contributed by atoms with Crippen molar-refractivity contribution in [2.45, 2.75) is 26.3 Å². The molecule has 0 saturated heterocycles. The first-order chi connectivity index (χ1) is 7.33. The zero-order chi connectivity index (χ0) is 10.3. The van der Waals surface area contributed by atoms with Crippen LogP contribution < -0.4 is 0 Å². The highest BCUT2D eigenvalue weighted by Crippen LogP contribution is 2.27. The lowest BCUT2D eigenvalue weighted by Gasteiger charge is -2.18. The van der Waals surface area contributed by atoms with Crippen LogP contribution in [0.4, 0.5) is 0 Å². The molecule has 0 aliphatic carbocycles. The third kappa shape index (κ3) is 1.61. The van der Waals surface area contributed by atoms with E-state index in [0.29, 0.717) is 0 Å². The number of fused-ring (bicyclic) bond motifs is 1. The molecule has 0 spiro atoms. The summed E-state index contributed by atoms with van der Waals surface area (Å²) in [6.07, 6.45) is 4.62. The molecule has 0 amide bonds. The van der Waals surface area contributed by atoms with Crippen LogP contribution >= 0.6 is 11.3 Å². The van der Waals surface area contributed by atoms with Gasteiger partial charge in [0.15, 0.2) is 0 Å². The van der Waals surface area contributed by atoms with Gasteiger partial charge < -0.3 is 4.57 Å². The maximum absolute atomic E-state index is 4.72. The minimum atomic E-state index is 0.788. The average molecular weight is 218 g/mol. The first-order valence-corrected chi connectivity index (χ1v) is 6.31. The van der Waals surface area contributed by atoms with E-state index in [1.165, 1.54) is 17.1 Å². The lowest BCUT2D eigenvalue weighted by molar-refractivity contribution is 0.409. The molecule has 0 aromatic carbocycles. The molecule has 0 radical (unpaired) electrons. The number of rotatable bonds is 1. The first kappa shape index (κ1) is 9.16. The van der Waals surface area contributed by atoms with Crippen LogP contribution in [0.3, 0.4) is 0 Å². The Labute approximate surface area is 93.6 Å². The van der Waals surface area contributed by atoms with Crippen molar-refractivity contribution in [3.05, 3.63) is 29.5 Å². The van der Waals surface area contributed by atoms with Crippen molar-refractivity contribution in [2.24, 2.45) is 5.92 Å². The van der Waals surface area contributed by atoms with E-state index in [0.717, 1.165) is 24.6 Å². The van der Waals surface area contributed by atoms with Crippen LogP contribution in [0.5, 0.6) is 0 Å². The zero-order valence-electron chi connectivity index (χ0n) is 8.81. The van der Waals surface area contributed by atoms with Crippen LogP contribution in [0.25, 0.3) is 10.6 Å². The van der Waals surface area contributed by atoms with Crippen LogP contribution in [0, 0.1) is 5.92 Å². The molecular formula is C12H14N2S. The molecule has 0 bridgehead atoms. The molecule has 3 heterocycles. The molecule has 78 valence electrons. The second-order valence-corrected chi connectivity index (χ2v) is 5.26. The van der Waals surface area contributed by atoms with Crippen molar-refractivity contribution in [3.63, 3.8) is 0 Å². The molecule has 1 atom stereocenters. The summed E-state index contributed by atoms with van der Waals surface area (Å²) in [6.45, 7) is 3.44. The molecule has 0 N–H and O–H groups in total. The number of aryl methyl sites for hydroxylation is 1. The number of thiophene rings is 1. The third-order valence-corrected chi connectivity index (χ3v) is 3.92. The van der Waals surface area contributed by atoms with Crippen molar-refractivity contribution in [1.82, 2.24) is 9.55 Å². The van der Waals surface area contributed by atoms with Gasteiger partial charge in [0.05, 0.1) is 10.6 Å². The lowest BCUT2D eigenvalue weighted by Crippen LogP contribution is -2.16. The van der Waals surface area contributed by atoms with Crippen LogP contribution in [-0.4, -0.2) is 9.55 Å². The first-order valence-electron chi connectivity index (χ1n) is 5.43. The Hall–Kier alpha value is -1.09. The summed E-state index contributed by atoms with van der Waals surface area (Å²) in [7, 11) is 0. The SMILES string of the molecule is CC1CCn2cc(-c3cccs3)nc2C1. The predicted octanol–water partition coefficient (Wildman–Crippen LogP) is 3.19. The van der Waals surface area contributed by atoms with Crippen molar-refractivity contribution < 1.29 is 0 Å². The summed E-state index contributed by atoms with van der Waals surface area (Å²) >= 11 is 1.76. The van der Waals surface area contributed by atoms with Gasteiger partial charge in [-0.15, -0.1) is 11.3 Å². The Morgan fingerprint density at radius 1 is 1.53 bits per heavy atom. The van der Waals surface area contributed by atoms with E-state index in [-0.39, 0.29) is 0 Å². The maximum Gasteiger partial charge on any atom is 0.109 e. The molecule has 2 aromatic rings. The molecule has 3 heteroatoms. The normalized spacial score (nSPS) is 20.2. The smallest absolute Gasteiger partial charge is 0.109 e. The van der Waals surface area contributed by atoms with Crippen LogP contribution in [-0.2, 0) is 13.0 Å². The van der Waals surface area contributed by atoms with Gasteiger partial charge in [-0.3, -0.25) is 0 Å². The highest BCUT2D eigenvalue weighted by atomic mass is 32.1. The van der Waals surface area contributed by atoms with E-state index in [4.69, 9.17) is 4.98 Å². The monoisotopic (exact) mass is 218 g/mol. The summed E-state index contributed by atoms with van der Waals surface area (Å²) in [6, 6.07) is 4.23. The standard InChI is InChI=1S/C12H14N2S/c1-9-4-5-14-8-10(13-12(14)7-9)11-3-2-6-15-11/h2-3,6,8-9H,4-5,7H2,1H3. The van der Waals surface area contributed by atoms with Gasteiger partial charge in [-0.1, -0.05) is 13.0 Å². The number of hydrogen-bond acceptors (Lipinski definition) is 2. The van der Waals surface area contributed by atoms with Gasteiger partial charge >= 0.3 is 0 Å². The van der Waals surface area contributed by atoms with Crippen LogP contribution in [0.1, 0.15) is 19.2 Å². The Balaban J connectivity index is 2.00. The number of hydrogen-bond donors (Lipinski definition) is 0. The van der Waals surface area contributed by atoms with Crippen molar-refractivity contribution in [1.29, 1.82) is 0 Å². The molecule has 0 fully saturated rings. The molecule has 15 heavy (non-hydrogen) atoms. The fourth-order valence-electron chi connectivity index (χ4n) is 2.13. The Kier molecular flexibility index (Phi) is 2.13. The quantitative estimate of drug-likeness (QED) is 0.718. The third-order valence-electron chi connectivity index (χ3n) is 3.03. The second kappa shape index (κ2) is 3.49. The maximum atomic E-state index is 4.72. The largest absolute Gasteiger partial charge is 0.334 e. The molecular weight excluding hydrogens is 204 g/mol. The molecule has 1 aliphatic heterocycles. The van der Waals surface area contributed by atoms with Crippen molar-refractivity contribution in [2.75, 3.05) is 0 Å². The van der Waals surface area contributed by atoms with Gasteiger partial charge in [0.2, 0.25) is 0 Å². The molecule has 2 aromatic heterocycles. The molecule has 2 nitrogen and oxygen atoms in total.